The fourth-order valence-corrected chi connectivity index (χ4v) is 4.47. The van der Waals surface area contributed by atoms with Crippen LogP contribution in [-0.2, 0) is 24.1 Å². The average Bonchev–Trinajstić information content (AvgIpc) is 3.13. The van der Waals surface area contributed by atoms with E-state index in [0.717, 1.165) is 31.2 Å². The molecule has 0 bridgehead atoms. The van der Waals surface area contributed by atoms with Gasteiger partial charge in [-0.3, -0.25) is 9.48 Å². The summed E-state index contributed by atoms with van der Waals surface area (Å²) in [7, 11) is 0. The lowest BCUT2D eigenvalue weighted by atomic mass is 10.1. The molecule has 134 valence electrons. The van der Waals surface area contributed by atoms with E-state index in [1.165, 1.54) is 22.6 Å². The van der Waals surface area contributed by atoms with Gasteiger partial charge in [-0.2, -0.15) is 5.10 Å². The van der Waals surface area contributed by atoms with Gasteiger partial charge in [-0.25, -0.2) is 4.79 Å². The van der Waals surface area contributed by atoms with Gasteiger partial charge in [-0.15, -0.1) is 11.3 Å². The number of nitrogens with one attached hydrogen (secondary N) is 1. The molecule has 0 aromatic carbocycles. The highest BCUT2D eigenvalue weighted by molar-refractivity contribution is 7.17. The number of rotatable bonds is 5. The Morgan fingerprint density at radius 3 is 2.84 bits per heavy atom. The monoisotopic (exact) mass is 361 g/mol. The van der Waals surface area contributed by atoms with Crippen molar-refractivity contribution in [3.8, 4) is 0 Å². The summed E-state index contributed by atoms with van der Waals surface area (Å²) in [4.78, 5) is 26.4. The first-order chi connectivity index (χ1) is 12.2. The lowest BCUT2D eigenvalue weighted by Crippen LogP contribution is -2.19. The molecule has 2 heterocycles. The first-order valence-electron chi connectivity index (χ1n) is 8.80. The standard InChI is InChI=1S/C18H23N3O3S/c1-3-21-13(10-11-19-21)16(22)20-17-15(18(23)24-4-2)12-8-6-5-7-9-14(12)25-17/h10-11H,3-9H2,1-2H3,(H,20,22). The van der Waals surface area contributed by atoms with E-state index < -0.39 is 0 Å². The number of carbonyl (C=O) groups excluding carboxylic acids is 2. The number of esters is 1. The van der Waals surface area contributed by atoms with Crippen LogP contribution in [0.1, 0.15) is 64.4 Å². The molecule has 0 fully saturated rings. The predicted octanol–water partition coefficient (Wildman–Crippen LogP) is 3.66. The van der Waals surface area contributed by atoms with Crippen LogP contribution < -0.4 is 5.32 Å². The van der Waals surface area contributed by atoms with Gasteiger partial charge in [0.1, 0.15) is 10.7 Å². The molecule has 1 aliphatic rings. The van der Waals surface area contributed by atoms with Crippen molar-refractivity contribution in [1.29, 1.82) is 0 Å². The van der Waals surface area contributed by atoms with Crippen LogP contribution in [0.2, 0.25) is 0 Å². The van der Waals surface area contributed by atoms with Crippen molar-refractivity contribution in [1.82, 2.24) is 9.78 Å². The molecule has 3 rings (SSSR count). The fourth-order valence-electron chi connectivity index (χ4n) is 3.19. The van der Waals surface area contributed by atoms with E-state index in [9.17, 15) is 9.59 Å². The number of nitrogens with zero attached hydrogens (tertiary/aromatic N) is 2. The summed E-state index contributed by atoms with van der Waals surface area (Å²) in [6, 6.07) is 1.68. The Hall–Kier alpha value is -2.15. The number of thiophene rings is 1. The van der Waals surface area contributed by atoms with Crippen molar-refractivity contribution < 1.29 is 14.3 Å². The SMILES string of the molecule is CCOC(=O)c1c(NC(=O)c2ccnn2CC)sc2c1CCCCC2. The molecule has 0 aliphatic heterocycles. The van der Waals surface area contributed by atoms with Gasteiger partial charge in [0.25, 0.3) is 5.91 Å². The van der Waals surface area contributed by atoms with E-state index >= 15 is 0 Å². The summed E-state index contributed by atoms with van der Waals surface area (Å²) in [5, 5.41) is 7.65. The van der Waals surface area contributed by atoms with Crippen LogP contribution in [0.25, 0.3) is 0 Å². The zero-order valence-corrected chi connectivity index (χ0v) is 15.4. The van der Waals surface area contributed by atoms with Gasteiger partial charge in [-0.1, -0.05) is 6.42 Å². The summed E-state index contributed by atoms with van der Waals surface area (Å²) in [5.41, 5.74) is 2.08. The van der Waals surface area contributed by atoms with E-state index in [-0.39, 0.29) is 11.9 Å². The van der Waals surface area contributed by atoms with Crippen molar-refractivity contribution in [2.24, 2.45) is 0 Å². The number of fused-ring (bicyclic) bond motifs is 1. The van der Waals surface area contributed by atoms with Gasteiger partial charge in [0, 0.05) is 17.6 Å². The van der Waals surface area contributed by atoms with Crippen LogP contribution in [0.3, 0.4) is 0 Å². The van der Waals surface area contributed by atoms with E-state index in [0.29, 0.717) is 29.4 Å². The zero-order valence-electron chi connectivity index (χ0n) is 14.6. The normalized spacial score (nSPS) is 13.8. The van der Waals surface area contributed by atoms with Gasteiger partial charge >= 0.3 is 5.97 Å². The molecule has 0 atom stereocenters. The average molecular weight is 361 g/mol. The maximum absolute atomic E-state index is 12.7. The van der Waals surface area contributed by atoms with Crippen LogP contribution >= 0.6 is 11.3 Å². The second-order valence-electron chi connectivity index (χ2n) is 5.98. The summed E-state index contributed by atoms with van der Waals surface area (Å²) < 4.78 is 6.89. The molecule has 1 amide bonds. The van der Waals surface area contributed by atoms with Gasteiger partial charge in [0.2, 0.25) is 0 Å². The van der Waals surface area contributed by atoms with Gasteiger partial charge in [0.05, 0.1) is 12.2 Å². The molecule has 7 heteroatoms. The molecule has 0 spiro atoms. The third kappa shape index (κ3) is 3.61. The summed E-state index contributed by atoms with van der Waals surface area (Å²) in [6.45, 7) is 4.66. The number of amides is 1. The lowest BCUT2D eigenvalue weighted by molar-refractivity contribution is 0.0527. The van der Waals surface area contributed by atoms with Crippen molar-refractivity contribution >= 4 is 28.2 Å². The van der Waals surface area contributed by atoms with Crippen LogP contribution in [0.15, 0.2) is 12.3 Å². The number of ether oxygens (including phenoxy) is 1. The number of carbonyl (C=O) groups is 2. The quantitative estimate of drug-likeness (QED) is 0.651. The minimum Gasteiger partial charge on any atom is -0.462 e. The molecular formula is C18H23N3O3S. The summed E-state index contributed by atoms with van der Waals surface area (Å²) in [5.74, 6) is -0.595. The minimum absolute atomic E-state index is 0.249. The van der Waals surface area contributed by atoms with Crippen molar-refractivity contribution in [2.45, 2.75) is 52.5 Å². The van der Waals surface area contributed by atoms with Gasteiger partial charge in [0.15, 0.2) is 0 Å². The maximum Gasteiger partial charge on any atom is 0.341 e. The van der Waals surface area contributed by atoms with Gasteiger partial charge in [-0.05, 0) is 51.2 Å². The molecule has 2 aromatic heterocycles. The Kier molecular flexibility index (Phi) is 5.53. The van der Waals surface area contributed by atoms with Gasteiger partial charge < -0.3 is 10.1 Å². The Morgan fingerprint density at radius 2 is 2.08 bits per heavy atom. The second-order valence-corrected chi connectivity index (χ2v) is 7.08. The molecule has 6 nitrogen and oxygen atoms in total. The number of aromatic nitrogens is 2. The number of hydrogen-bond donors (Lipinski definition) is 1. The van der Waals surface area contributed by atoms with E-state index in [4.69, 9.17) is 4.74 Å². The minimum atomic E-state index is -0.346. The third-order valence-corrected chi connectivity index (χ3v) is 5.58. The number of aryl methyl sites for hydroxylation is 2. The Labute approximate surface area is 151 Å². The lowest BCUT2D eigenvalue weighted by Gasteiger charge is -2.09. The van der Waals surface area contributed by atoms with Crippen LogP contribution in [0.4, 0.5) is 5.00 Å². The summed E-state index contributed by atoms with van der Waals surface area (Å²) >= 11 is 1.51. The zero-order chi connectivity index (χ0) is 17.8. The highest BCUT2D eigenvalue weighted by atomic mass is 32.1. The van der Waals surface area contributed by atoms with Crippen LogP contribution in [0.5, 0.6) is 0 Å². The van der Waals surface area contributed by atoms with Crippen molar-refractivity contribution in [2.75, 3.05) is 11.9 Å². The third-order valence-electron chi connectivity index (χ3n) is 4.38. The fraction of sp³-hybridized carbons (Fsp3) is 0.500. The molecule has 25 heavy (non-hydrogen) atoms. The molecule has 0 saturated carbocycles. The predicted molar refractivity (Wildman–Crippen MR) is 97.4 cm³/mol. The Balaban J connectivity index is 1.95. The van der Waals surface area contributed by atoms with E-state index in [1.54, 1.807) is 23.9 Å². The molecule has 0 saturated heterocycles. The Bertz CT molecular complexity index is 779. The molecule has 2 aromatic rings. The van der Waals surface area contributed by atoms with Crippen LogP contribution in [0, 0.1) is 0 Å². The van der Waals surface area contributed by atoms with Crippen molar-refractivity contribution in [3.05, 3.63) is 34.0 Å². The largest absolute Gasteiger partial charge is 0.462 e. The molecule has 0 radical (unpaired) electrons. The topological polar surface area (TPSA) is 73.2 Å². The molecule has 1 N–H and O–H groups in total. The number of hydrogen-bond acceptors (Lipinski definition) is 5. The maximum atomic E-state index is 12.7. The summed E-state index contributed by atoms with van der Waals surface area (Å²) in [6.07, 6.45) is 6.77. The van der Waals surface area contributed by atoms with E-state index in [1.807, 2.05) is 6.92 Å². The first-order valence-corrected chi connectivity index (χ1v) is 9.62. The first kappa shape index (κ1) is 17.7. The molecular weight excluding hydrogens is 338 g/mol. The Morgan fingerprint density at radius 1 is 1.28 bits per heavy atom. The molecule has 1 aliphatic carbocycles. The highest BCUT2D eigenvalue weighted by Crippen LogP contribution is 2.38. The van der Waals surface area contributed by atoms with Crippen LogP contribution in [-0.4, -0.2) is 28.3 Å². The highest BCUT2D eigenvalue weighted by Gasteiger charge is 2.27. The van der Waals surface area contributed by atoms with E-state index in [2.05, 4.69) is 10.4 Å². The number of anilines is 1. The van der Waals surface area contributed by atoms with Crippen molar-refractivity contribution in [3.63, 3.8) is 0 Å². The smallest absolute Gasteiger partial charge is 0.341 e. The molecule has 0 unspecified atom stereocenters. The second kappa shape index (κ2) is 7.82.